The highest BCUT2D eigenvalue weighted by Gasteiger charge is 2.22. The fourth-order valence-corrected chi connectivity index (χ4v) is 4.72. The first-order chi connectivity index (χ1) is 14.5. The predicted molar refractivity (Wildman–Crippen MR) is 118 cm³/mol. The van der Waals surface area contributed by atoms with Crippen LogP contribution >= 0.6 is 11.3 Å². The number of benzene rings is 2. The minimum atomic E-state index is -0.486. The first kappa shape index (κ1) is 19.8. The Bertz CT molecular complexity index is 1140. The van der Waals surface area contributed by atoms with Crippen LogP contribution in [0.1, 0.15) is 37.6 Å². The van der Waals surface area contributed by atoms with Gasteiger partial charge in [0.05, 0.1) is 16.1 Å². The summed E-state index contributed by atoms with van der Waals surface area (Å²) in [6, 6.07) is 17.0. The van der Waals surface area contributed by atoms with Crippen molar-refractivity contribution < 1.29 is 14.4 Å². The van der Waals surface area contributed by atoms with Crippen LogP contribution in [0.4, 0.5) is 5.69 Å². The molecule has 0 aliphatic heterocycles. The number of para-hydroxylation sites is 1. The van der Waals surface area contributed by atoms with E-state index in [1.807, 2.05) is 18.2 Å². The van der Waals surface area contributed by atoms with Crippen LogP contribution in [-0.4, -0.2) is 24.3 Å². The van der Waals surface area contributed by atoms with Crippen LogP contribution in [0.3, 0.4) is 0 Å². The van der Waals surface area contributed by atoms with Crippen molar-refractivity contribution in [3.05, 3.63) is 76.2 Å². The molecule has 0 bridgehead atoms. The van der Waals surface area contributed by atoms with E-state index in [0.717, 1.165) is 17.7 Å². The predicted octanol–water partition coefficient (Wildman–Crippen LogP) is 3.37. The minimum Gasteiger partial charge on any atom is -0.370 e. The maximum Gasteiger partial charge on any atom is 0.265 e. The molecule has 7 heteroatoms. The second-order valence-electron chi connectivity index (χ2n) is 7.09. The van der Waals surface area contributed by atoms with Crippen LogP contribution < -0.4 is 16.4 Å². The van der Waals surface area contributed by atoms with Gasteiger partial charge in [-0.3, -0.25) is 14.4 Å². The SMILES string of the molecule is NC(=O)CCNC(=O)c1ccccc1NC(=O)c1cc2c(s1)-c1ccccc1CC2. The third-order valence-corrected chi connectivity index (χ3v) is 6.24. The van der Waals surface area contributed by atoms with E-state index in [2.05, 4.69) is 22.8 Å². The van der Waals surface area contributed by atoms with Crippen LogP contribution in [0.2, 0.25) is 0 Å². The quantitative estimate of drug-likeness (QED) is 0.571. The van der Waals surface area contributed by atoms with Crippen LogP contribution in [-0.2, 0) is 17.6 Å². The van der Waals surface area contributed by atoms with Gasteiger partial charge in [0.1, 0.15) is 0 Å². The summed E-state index contributed by atoms with van der Waals surface area (Å²) in [6.45, 7) is 0.146. The number of thiophene rings is 1. The van der Waals surface area contributed by atoms with Gasteiger partial charge in [-0.05, 0) is 47.7 Å². The summed E-state index contributed by atoms with van der Waals surface area (Å²) in [5.74, 6) is -1.10. The van der Waals surface area contributed by atoms with Gasteiger partial charge in [0.2, 0.25) is 5.91 Å². The van der Waals surface area contributed by atoms with E-state index >= 15 is 0 Å². The van der Waals surface area contributed by atoms with Crippen molar-refractivity contribution in [1.82, 2.24) is 5.32 Å². The molecule has 0 spiro atoms. The van der Waals surface area contributed by atoms with Gasteiger partial charge in [0.15, 0.2) is 0 Å². The standard InChI is InChI=1S/C23H21N3O3S/c24-20(27)11-12-25-22(28)17-7-3-4-8-18(17)26-23(29)19-13-15-10-9-14-5-1-2-6-16(14)21(15)30-19/h1-8,13H,9-12H2,(H2,24,27)(H,25,28)(H,26,29). The second-order valence-corrected chi connectivity index (χ2v) is 8.15. The molecule has 0 saturated carbocycles. The minimum absolute atomic E-state index is 0.0580. The van der Waals surface area contributed by atoms with Crippen molar-refractivity contribution in [2.45, 2.75) is 19.3 Å². The Morgan fingerprint density at radius 1 is 0.933 bits per heavy atom. The highest BCUT2D eigenvalue weighted by atomic mass is 32.1. The smallest absolute Gasteiger partial charge is 0.265 e. The Labute approximate surface area is 178 Å². The first-order valence-electron chi connectivity index (χ1n) is 9.71. The zero-order valence-corrected chi connectivity index (χ0v) is 17.1. The lowest BCUT2D eigenvalue weighted by Gasteiger charge is -2.15. The molecule has 1 aliphatic carbocycles. The molecular weight excluding hydrogens is 398 g/mol. The number of carbonyl (C=O) groups excluding carboxylic acids is 3. The Hall–Kier alpha value is -3.45. The molecule has 0 fully saturated rings. The van der Waals surface area contributed by atoms with Crippen molar-refractivity contribution in [3.63, 3.8) is 0 Å². The molecular formula is C23H21N3O3S. The van der Waals surface area contributed by atoms with Crippen LogP contribution in [0.5, 0.6) is 0 Å². The number of rotatable bonds is 6. The first-order valence-corrected chi connectivity index (χ1v) is 10.5. The number of primary amides is 1. The fraction of sp³-hybridized carbons (Fsp3) is 0.174. The van der Waals surface area contributed by atoms with Crippen molar-refractivity contribution in [3.8, 4) is 10.4 Å². The van der Waals surface area contributed by atoms with E-state index in [0.29, 0.717) is 16.1 Å². The summed E-state index contributed by atoms with van der Waals surface area (Å²) in [6.07, 6.45) is 1.94. The van der Waals surface area contributed by atoms with Gasteiger partial charge in [-0.2, -0.15) is 0 Å². The van der Waals surface area contributed by atoms with E-state index in [9.17, 15) is 14.4 Å². The molecule has 0 radical (unpaired) electrons. The van der Waals surface area contributed by atoms with Gasteiger partial charge >= 0.3 is 0 Å². The van der Waals surface area contributed by atoms with Crippen molar-refractivity contribution in [1.29, 1.82) is 0 Å². The van der Waals surface area contributed by atoms with Crippen molar-refractivity contribution in [2.24, 2.45) is 5.73 Å². The Balaban J connectivity index is 1.53. The van der Waals surface area contributed by atoms with E-state index in [1.54, 1.807) is 24.3 Å². The maximum absolute atomic E-state index is 12.9. The van der Waals surface area contributed by atoms with E-state index < -0.39 is 5.91 Å². The normalized spacial score (nSPS) is 11.9. The molecule has 0 atom stereocenters. The summed E-state index contributed by atoms with van der Waals surface area (Å²) in [5, 5.41) is 5.51. The molecule has 0 saturated heterocycles. The van der Waals surface area contributed by atoms with Gasteiger partial charge in [-0.25, -0.2) is 0 Å². The average Bonchev–Trinajstić information content (AvgIpc) is 3.19. The van der Waals surface area contributed by atoms with Gasteiger partial charge in [0, 0.05) is 17.8 Å². The second kappa shape index (κ2) is 8.51. The summed E-state index contributed by atoms with van der Waals surface area (Å²) in [5.41, 5.74) is 9.54. The number of carbonyl (C=O) groups is 3. The van der Waals surface area contributed by atoms with Crippen LogP contribution in [0, 0.1) is 0 Å². The zero-order valence-electron chi connectivity index (χ0n) is 16.2. The van der Waals surface area contributed by atoms with Crippen LogP contribution in [0.15, 0.2) is 54.6 Å². The van der Waals surface area contributed by atoms with E-state index in [1.165, 1.54) is 28.0 Å². The molecule has 4 N–H and O–H groups in total. The molecule has 152 valence electrons. The van der Waals surface area contributed by atoms with Gasteiger partial charge < -0.3 is 16.4 Å². The van der Waals surface area contributed by atoms with Gasteiger partial charge in [-0.1, -0.05) is 36.4 Å². The number of aryl methyl sites for hydroxylation is 2. The molecule has 1 aromatic heterocycles. The zero-order chi connectivity index (χ0) is 21.1. The van der Waals surface area contributed by atoms with Crippen LogP contribution in [0.25, 0.3) is 10.4 Å². The largest absolute Gasteiger partial charge is 0.370 e. The summed E-state index contributed by atoms with van der Waals surface area (Å²) in [7, 11) is 0. The number of fused-ring (bicyclic) bond motifs is 3. The molecule has 6 nitrogen and oxygen atoms in total. The summed E-state index contributed by atoms with van der Waals surface area (Å²) in [4.78, 5) is 38.0. The molecule has 2 aromatic carbocycles. The molecule has 30 heavy (non-hydrogen) atoms. The number of hydrogen-bond acceptors (Lipinski definition) is 4. The molecule has 0 unspecified atom stereocenters. The van der Waals surface area contributed by atoms with E-state index in [-0.39, 0.29) is 24.8 Å². The third-order valence-electron chi connectivity index (χ3n) is 5.04. The molecule has 4 rings (SSSR count). The number of anilines is 1. The van der Waals surface area contributed by atoms with E-state index in [4.69, 9.17) is 5.73 Å². The molecule has 1 aliphatic rings. The highest BCUT2D eigenvalue weighted by Crippen LogP contribution is 2.39. The molecule has 3 aromatic rings. The third kappa shape index (κ3) is 4.11. The summed E-state index contributed by atoms with van der Waals surface area (Å²) < 4.78 is 0. The number of amides is 3. The van der Waals surface area contributed by atoms with Gasteiger partial charge in [0.25, 0.3) is 11.8 Å². The lowest BCUT2D eigenvalue weighted by Crippen LogP contribution is -2.28. The average molecular weight is 420 g/mol. The van der Waals surface area contributed by atoms with Crippen molar-refractivity contribution >= 4 is 34.7 Å². The summed E-state index contributed by atoms with van der Waals surface area (Å²) >= 11 is 1.47. The van der Waals surface area contributed by atoms with Gasteiger partial charge in [-0.15, -0.1) is 11.3 Å². The number of nitrogens with one attached hydrogen (secondary N) is 2. The topological polar surface area (TPSA) is 101 Å². The molecule has 3 amide bonds. The molecule has 1 heterocycles. The Morgan fingerprint density at radius 3 is 2.50 bits per heavy atom. The lowest BCUT2D eigenvalue weighted by atomic mass is 9.91. The monoisotopic (exact) mass is 419 g/mol. The maximum atomic E-state index is 12.9. The Kier molecular flexibility index (Phi) is 5.63. The highest BCUT2D eigenvalue weighted by molar-refractivity contribution is 7.17. The fourth-order valence-electron chi connectivity index (χ4n) is 3.55. The van der Waals surface area contributed by atoms with Crippen molar-refractivity contribution in [2.75, 3.05) is 11.9 Å². The lowest BCUT2D eigenvalue weighted by molar-refractivity contribution is -0.117. The Morgan fingerprint density at radius 2 is 1.67 bits per heavy atom. The number of nitrogens with two attached hydrogens (primary N) is 1. The number of hydrogen-bond donors (Lipinski definition) is 3.